The van der Waals surface area contributed by atoms with E-state index in [-0.39, 0.29) is 25.7 Å². The average molecular weight is 1490 g/mol. The number of carbonyl (C=O) groups excluding carboxylic acids is 4. The van der Waals surface area contributed by atoms with Crippen molar-refractivity contribution >= 4 is 39.5 Å². The van der Waals surface area contributed by atoms with Gasteiger partial charge in [0.15, 0.2) is 12.2 Å². The van der Waals surface area contributed by atoms with Crippen LogP contribution in [0.4, 0.5) is 0 Å². The van der Waals surface area contributed by atoms with Gasteiger partial charge < -0.3 is 33.8 Å². The Kier molecular flexibility index (Phi) is 74.4. The summed E-state index contributed by atoms with van der Waals surface area (Å²) in [5, 5.41) is 10.6. The van der Waals surface area contributed by atoms with Crippen molar-refractivity contribution in [3.8, 4) is 0 Å². The summed E-state index contributed by atoms with van der Waals surface area (Å²) in [6, 6.07) is 0. The molecule has 0 radical (unpaired) electrons. The number of carbonyl (C=O) groups is 4. The lowest BCUT2D eigenvalue weighted by Crippen LogP contribution is -2.30. The zero-order valence-corrected chi connectivity index (χ0v) is 68.5. The van der Waals surface area contributed by atoms with Crippen molar-refractivity contribution in [2.75, 3.05) is 39.6 Å². The molecule has 0 aliphatic carbocycles. The van der Waals surface area contributed by atoms with Gasteiger partial charge in [-0.05, 0) is 31.6 Å². The summed E-state index contributed by atoms with van der Waals surface area (Å²) in [6.07, 6.45) is 68.4. The highest BCUT2D eigenvalue weighted by atomic mass is 31.2. The molecule has 0 aliphatic rings. The molecule has 17 nitrogen and oxygen atoms in total. The Morgan fingerprint density at radius 3 is 0.667 bits per heavy atom. The molecule has 0 aromatic heterocycles. The molecule has 606 valence electrons. The molecule has 19 heteroatoms. The molecular weight excluding hydrogens is 1330 g/mol. The topological polar surface area (TPSA) is 237 Å². The normalized spacial score (nSPS) is 13.8. The molecule has 0 fully saturated rings. The average Bonchev–Trinajstić information content (AvgIpc) is 0.914. The fourth-order valence-corrected chi connectivity index (χ4v) is 14.5. The first kappa shape index (κ1) is 100. The third kappa shape index (κ3) is 76.3. The second-order valence-electron chi connectivity index (χ2n) is 30.3. The first-order valence-electron chi connectivity index (χ1n) is 43.1. The maximum absolute atomic E-state index is 13.1. The van der Waals surface area contributed by atoms with Gasteiger partial charge in [-0.15, -0.1) is 0 Å². The molecule has 0 saturated heterocycles. The SMILES string of the molecule is CCCCCCCCCCCCCCCCCCCCCCCC(=O)OC[C@H](COP(=O)(O)OC[C@@H](O)COP(=O)(O)OC[C@@H](COC(=O)CCCCCCCCCCC)OC(=O)CCCCCCCCCCC(C)C)OC(=O)CCCCCCCCCCCCCCCCCCCCCCC. The Bertz CT molecular complexity index is 1940. The number of hydrogen-bond acceptors (Lipinski definition) is 15. The Labute approximate surface area is 626 Å². The number of aliphatic hydroxyl groups excluding tert-OH is 1. The molecule has 0 amide bonds. The van der Waals surface area contributed by atoms with Gasteiger partial charge in [0, 0.05) is 25.7 Å². The van der Waals surface area contributed by atoms with Crippen molar-refractivity contribution in [2.24, 2.45) is 5.92 Å². The van der Waals surface area contributed by atoms with Crippen LogP contribution in [0.5, 0.6) is 0 Å². The molecule has 0 rings (SSSR count). The van der Waals surface area contributed by atoms with Crippen LogP contribution in [0.25, 0.3) is 0 Å². The first-order valence-corrected chi connectivity index (χ1v) is 46.1. The fraction of sp³-hybridized carbons (Fsp3) is 0.952. The first-order chi connectivity index (χ1) is 49.5. The van der Waals surface area contributed by atoms with Gasteiger partial charge in [0.05, 0.1) is 26.4 Å². The number of unbranched alkanes of at least 4 members (excludes halogenated alkanes) is 55. The Hall–Kier alpha value is -1.94. The quantitative estimate of drug-likeness (QED) is 0.0222. The minimum Gasteiger partial charge on any atom is -0.462 e. The number of aliphatic hydroxyl groups is 1. The van der Waals surface area contributed by atoms with Crippen LogP contribution >= 0.6 is 15.6 Å². The van der Waals surface area contributed by atoms with Crippen LogP contribution in [-0.4, -0.2) is 96.7 Å². The van der Waals surface area contributed by atoms with Crippen LogP contribution in [0.3, 0.4) is 0 Å². The minimum atomic E-state index is -4.96. The molecule has 0 bridgehead atoms. The Morgan fingerprint density at radius 1 is 0.265 bits per heavy atom. The standard InChI is InChI=1S/C83H162O17P2/c1-6-9-12-15-18-21-23-25-27-29-31-33-35-37-39-41-43-46-52-57-62-67-81(86)94-73-78(99-82(87)68-63-58-53-47-44-42-40-38-36-34-32-30-28-26-24-22-19-16-13-10-7-2)74-97-101(89,90)95-70-77(84)71-96-102(91,92)98-75-79(72-93-80(85)66-61-56-51-45-20-17-14-11-8-3)100-83(88)69-64-59-54-49-48-50-55-60-65-76(4)5/h76-79,84H,6-75H2,1-5H3,(H,89,90)(H,91,92)/t77-,78-,79-/m1/s1. The van der Waals surface area contributed by atoms with Crippen molar-refractivity contribution in [2.45, 2.75) is 464 Å². The summed E-state index contributed by atoms with van der Waals surface area (Å²) in [7, 11) is -9.92. The predicted molar refractivity (Wildman–Crippen MR) is 418 cm³/mol. The van der Waals surface area contributed by atoms with Crippen LogP contribution in [0.15, 0.2) is 0 Å². The summed E-state index contributed by atoms with van der Waals surface area (Å²) in [5.74, 6) is -1.39. The van der Waals surface area contributed by atoms with E-state index < -0.39 is 97.5 Å². The van der Waals surface area contributed by atoms with Crippen LogP contribution in [0, 0.1) is 5.92 Å². The van der Waals surface area contributed by atoms with Gasteiger partial charge in [0.2, 0.25) is 0 Å². The van der Waals surface area contributed by atoms with Gasteiger partial charge in [-0.1, -0.05) is 394 Å². The molecule has 0 heterocycles. The van der Waals surface area contributed by atoms with Crippen molar-refractivity contribution in [1.29, 1.82) is 0 Å². The van der Waals surface area contributed by atoms with E-state index in [1.54, 1.807) is 0 Å². The van der Waals surface area contributed by atoms with E-state index in [0.717, 1.165) is 95.8 Å². The van der Waals surface area contributed by atoms with Gasteiger partial charge in [-0.25, -0.2) is 9.13 Å². The van der Waals surface area contributed by atoms with Crippen molar-refractivity contribution in [3.05, 3.63) is 0 Å². The zero-order valence-electron chi connectivity index (χ0n) is 66.8. The maximum atomic E-state index is 13.1. The number of esters is 4. The van der Waals surface area contributed by atoms with Gasteiger partial charge in [0.25, 0.3) is 0 Å². The third-order valence-electron chi connectivity index (χ3n) is 19.5. The van der Waals surface area contributed by atoms with E-state index in [2.05, 4.69) is 34.6 Å². The fourth-order valence-electron chi connectivity index (χ4n) is 12.9. The van der Waals surface area contributed by atoms with Gasteiger partial charge in [-0.2, -0.15) is 0 Å². The highest BCUT2D eigenvalue weighted by Gasteiger charge is 2.30. The summed E-state index contributed by atoms with van der Waals surface area (Å²) in [5.41, 5.74) is 0. The summed E-state index contributed by atoms with van der Waals surface area (Å²) < 4.78 is 68.7. The lowest BCUT2D eigenvalue weighted by molar-refractivity contribution is -0.161. The molecular formula is C83H162O17P2. The van der Waals surface area contributed by atoms with Gasteiger partial charge >= 0.3 is 39.5 Å². The van der Waals surface area contributed by atoms with E-state index in [1.165, 1.54) is 270 Å². The predicted octanol–water partition coefficient (Wildman–Crippen LogP) is 25.2. The van der Waals surface area contributed by atoms with Crippen molar-refractivity contribution in [1.82, 2.24) is 0 Å². The van der Waals surface area contributed by atoms with Crippen LogP contribution in [0.1, 0.15) is 446 Å². The smallest absolute Gasteiger partial charge is 0.462 e. The lowest BCUT2D eigenvalue weighted by Gasteiger charge is -2.21. The van der Waals surface area contributed by atoms with E-state index in [0.29, 0.717) is 25.7 Å². The number of ether oxygens (including phenoxy) is 4. The van der Waals surface area contributed by atoms with Crippen LogP contribution in [0.2, 0.25) is 0 Å². The summed E-state index contributed by atoms with van der Waals surface area (Å²) in [4.78, 5) is 73.0. The van der Waals surface area contributed by atoms with Crippen molar-refractivity contribution in [3.63, 3.8) is 0 Å². The Morgan fingerprint density at radius 2 is 0.451 bits per heavy atom. The zero-order chi connectivity index (χ0) is 74.8. The van der Waals surface area contributed by atoms with Crippen LogP contribution in [-0.2, 0) is 65.4 Å². The molecule has 3 N–H and O–H groups in total. The summed E-state index contributed by atoms with van der Waals surface area (Å²) >= 11 is 0. The highest BCUT2D eigenvalue weighted by Crippen LogP contribution is 2.45. The highest BCUT2D eigenvalue weighted by molar-refractivity contribution is 7.47. The van der Waals surface area contributed by atoms with Crippen LogP contribution < -0.4 is 0 Å². The van der Waals surface area contributed by atoms with E-state index >= 15 is 0 Å². The molecule has 102 heavy (non-hydrogen) atoms. The maximum Gasteiger partial charge on any atom is 0.472 e. The molecule has 2 unspecified atom stereocenters. The molecule has 0 aliphatic heterocycles. The van der Waals surface area contributed by atoms with Gasteiger partial charge in [-0.3, -0.25) is 37.3 Å². The minimum absolute atomic E-state index is 0.105. The second-order valence-corrected chi connectivity index (χ2v) is 33.3. The number of hydrogen-bond donors (Lipinski definition) is 3. The molecule has 0 saturated carbocycles. The van der Waals surface area contributed by atoms with E-state index in [9.17, 15) is 43.2 Å². The largest absolute Gasteiger partial charge is 0.472 e. The second kappa shape index (κ2) is 75.9. The number of phosphoric ester groups is 2. The number of rotatable bonds is 83. The molecule has 0 spiro atoms. The Balaban J connectivity index is 5.17. The molecule has 0 aromatic rings. The number of phosphoric acid groups is 2. The van der Waals surface area contributed by atoms with E-state index in [4.69, 9.17) is 37.0 Å². The monoisotopic (exact) mass is 1490 g/mol. The van der Waals surface area contributed by atoms with Crippen molar-refractivity contribution < 1.29 is 80.2 Å². The molecule has 0 aromatic carbocycles. The third-order valence-corrected chi connectivity index (χ3v) is 21.4. The summed E-state index contributed by atoms with van der Waals surface area (Å²) in [6.45, 7) is 7.27. The van der Waals surface area contributed by atoms with Gasteiger partial charge in [0.1, 0.15) is 19.3 Å². The van der Waals surface area contributed by atoms with E-state index in [1.807, 2.05) is 0 Å². The lowest BCUT2D eigenvalue weighted by atomic mass is 10.0. The molecule has 5 atom stereocenters.